The van der Waals surface area contributed by atoms with Gasteiger partial charge in [-0.25, -0.2) is 0 Å². The molecule has 0 saturated heterocycles. The first-order valence-corrected chi connectivity index (χ1v) is 5.45. The van der Waals surface area contributed by atoms with E-state index < -0.39 is 0 Å². The SMILES string of the molecule is CCCCC#CSc1ccccc1. The van der Waals surface area contributed by atoms with E-state index in [-0.39, 0.29) is 0 Å². The van der Waals surface area contributed by atoms with Crippen LogP contribution in [0.4, 0.5) is 0 Å². The van der Waals surface area contributed by atoms with Crippen LogP contribution in [0.5, 0.6) is 0 Å². The third kappa shape index (κ3) is 4.65. The smallest absolute Gasteiger partial charge is 0.0203 e. The average Bonchev–Trinajstić information content (AvgIpc) is 2.19. The lowest BCUT2D eigenvalue weighted by Gasteiger charge is -1.90. The first-order valence-electron chi connectivity index (χ1n) is 4.63. The van der Waals surface area contributed by atoms with Crippen molar-refractivity contribution in [3.05, 3.63) is 30.3 Å². The average molecular weight is 190 g/mol. The van der Waals surface area contributed by atoms with Crippen molar-refractivity contribution >= 4 is 11.8 Å². The van der Waals surface area contributed by atoms with Gasteiger partial charge in [-0.15, -0.1) is 0 Å². The van der Waals surface area contributed by atoms with E-state index in [9.17, 15) is 0 Å². The third-order valence-electron chi connectivity index (χ3n) is 1.64. The van der Waals surface area contributed by atoms with Crippen LogP contribution in [-0.4, -0.2) is 0 Å². The summed E-state index contributed by atoms with van der Waals surface area (Å²) in [6.45, 7) is 2.19. The zero-order valence-corrected chi connectivity index (χ0v) is 8.73. The lowest BCUT2D eigenvalue weighted by atomic mass is 10.3. The molecule has 0 aliphatic rings. The molecule has 0 bridgehead atoms. The van der Waals surface area contributed by atoms with E-state index >= 15 is 0 Å². The van der Waals surface area contributed by atoms with Crippen molar-refractivity contribution in [2.45, 2.75) is 31.1 Å². The summed E-state index contributed by atoms with van der Waals surface area (Å²) in [6.07, 6.45) is 3.46. The number of unbranched alkanes of at least 4 members (excludes halogenated alkanes) is 2. The van der Waals surface area contributed by atoms with E-state index in [1.54, 1.807) is 11.8 Å². The van der Waals surface area contributed by atoms with Gasteiger partial charge in [0.05, 0.1) is 0 Å². The minimum absolute atomic E-state index is 1.02. The molecular weight excluding hydrogens is 176 g/mol. The number of hydrogen-bond donors (Lipinski definition) is 0. The van der Waals surface area contributed by atoms with Crippen LogP contribution >= 0.6 is 11.8 Å². The molecule has 0 unspecified atom stereocenters. The maximum atomic E-state index is 3.15. The Morgan fingerprint density at radius 1 is 1.23 bits per heavy atom. The largest absolute Gasteiger partial charge is 0.0909 e. The molecule has 0 fully saturated rings. The van der Waals surface area contributed by atoms with Crippen LogP contribution < -0.4 is 0 Å². The Bertz CT molecular complexity index is 279. The van der Waals surface area contributed by atoms with Gasteiger partial charge in [0.15, 0.2) is 0 Å². The number of rotatable bonds is 3. The highest BCUT2D eigenvalue weighted by atomic mass is 32.2. The Hall–Kier alpha value is -0.870. The Kier molecular flexibility index (Phi) is 5.20. The second kappa shape index (κ2) is 6.62. The van der Waals surface area contributed by atoms with Crippen LogP contribution in [0, 0.1) is 11.2 Å². The summed E-state index contributed by atoms with van der Waals surface area (Å²) in [7, 11) is 0. The molecule has 0 atom stereocenters. The molecule has 0 spiro atoms. The Morgan fingerprint density at radius 2 is 2.00 bits per heavy atom. The molecule has 0 aliphatic heterocycles. The van der Waals surface area contributed by atoms with E-state index in [0.717, 1.165) is 6.42 Å². The molecule has 0 heterocycles. The van der Waals surface area contributed by atoms with Gasteiger partial charge in [-0.05, 0) is 35.6 Å². The van der Waals surface area contributed by atoms with Gasteiger partial charge in [-0.2, -0.15) is 0 Å². The van der Waals surface area contributed by atoms with Gasteiger partial charge < -0.3 is 0 Å². The van der Waals surface area contributed by atoms with Crippen molar-refractivity contribution in [3.63, 3.8) is 0 Å². The molecule has 68 valence electrons. The molecule has 13 heavy (non-hydrogen) atoms. The molecule has 0 aromatic heterocycles. The fourth-order valence-corrected chi connectivity index (χ4v) is 1.49. The summed E-state index contributed by atoms with van der Waals surface area (Å²) in [5, 5.41) is 3.10. The topological polar surface area (TPSA) is 0 Å². The Morgan fingerprint density at radius 3 is 2.69 bits per heavy atom. The second-order valence-corrected chi connectivity index (χ2v) is 3.68. The minimum atomic E-state index is 1.02. The van der Waals surface area contributed by atoms with Gasteiger partial charge in [0.1, 0.15) is 0 Å². The summed E-state index contributed by atoms with van der Waals surface area (Å²) < 4.78 is 0. The van der Waals surface area contributed by atoms with Crippen molar-refractivity contribution in [2.24, 2.45) is 0 Å². The molecule has 1 heteroatoms. The molecule has 1 rings (SSSR count). The van der Waals surface area contributed by atoms with E-state index in [1.807, 2.05) is 18.2 Å². The summed E-state index contributed by atoms with van der Waals surface area (Å²) >= 11 is 1.61. The summed E-state index contributed by atoms with van der Waals surface area (Å²) in [6, 6.07) is 10.3. The molecule has 0 radical (unpaired) electrons. The molecule has 0 amide bonds. The van der Waals surface area contributed by atoms with Gasteiger partial charge in [-0.1, -0.05) is 37.5 Å². The minimum Gasteiger partial charge on any atom is -0.0909 e. The second-order valence-electron chi connectivity index (χ2n) is 2.80. The van der Waals surface area contributed by atoms with Crippen LogP contribution in [0.2, 0.25) is 0 Å². The molecule has 1 aromatic rings. The highest BCUT2D eigenvalue weighted by molar-refractivity contribution is 8.03. The van der Waals surface area contributed by atoms with Crippen LogP contribution in [-0.2, 0) is 0 Å². The molecule has 1 aromatic carbocycles. The number of benzene rings is 1. The van der Waals surface area contributed by atoms with Crippen molar-refractivity contribution in [1.29, 1.82) is 0 Å². The number of hydrogen-bond acceptors (Lipinski definition) is 1. The summed E-state index contributed by atoms with van der Waals surface area (Å²) in [4.78, 5) is 1.23. The lowest BCUT2D eigenvalue weighted by Crippen LogP contribution is -1.67. The maximum absolute atomic E-state index is 3.15. The Labute approximate surface area is 84.7 Å². The first-order chi connectivity index (χ1) is 6.43. The monoisotopic (exact) mass is 190 g/mol. The van der Waals surface area contributed by atoms with Crippen molar-refractivity contribution in [1.82, 2.24) is 0 Å². The van der Waals surface area contributed by atoms with Gasteiger partial charge in [-0.3, -0.25) is 0 Å². The molecule has 0 aliphatic carbocycles. The van der Waals surface area contributed by atoms with Crippen LogP contribution in [0.1, 0.15) is 26.2 Å². The standard InChI is InChI=1S/C12H14S/c1-2-3-4-8-11-13-12-9-6-5-7-10-12/h5-7,9-10H,2-4H2,1H3. The Balaban J connectivity index is 2.29. The van der Waals surface area contributed by atoms with Crippen molar-refractivity contribution in [3.8, 4) is 11.2 Å². The number of thioether (sulfide) groups is 1. The van der Waals surface area contributed by atoms with Crippen LogP contribution in [0.15, 0.2) is 35.2 Å². The third-order valence-corrected chi connectivity index (χ3v) is 2.39. The molecule has 0 saturated carbocycles. The van der Waals surface area contributed by atoms with E-state index in [2.05, 4.69) is 30.2 Å². The summed E-state index contributed by atoms with van der Waals surface area (Å²) in [5.74, 6) is 3.15. The molecular formula is C12H14S. The maximum Gasteiger partial charge on any atom is 0.0203 e. The fourth-order valence-electron chi connectivity index (χ4n) is 0.900. The quantitative estimate of drug-likeness (QED) is 0.395. The predicted octanol–water partition coefficient (Wildman–Crippen LogP) is 3.93. The predicted molar refractivity (Wildman–Crippen MR) is 59.6 cm³/mol. The summed E-state index contributed by atoms with van der Waals surface area (Å²) in [5.41, 5.74) is 0. The van der Waals surface area contributed by atoms with Gasteiger partial charge in [0.2, 0.25) is 0 Å². The molecule has 0 N–H and O–H groups in total. The van der Waals surface area contributed by atoms with Gasteiger partial charge in [0.25, 0.3) is 0 Å². The van der Waals surface area contributed by atoms with Crippen molar-refractivity contribution < 1.29 is 0 Å². The fraction of sp³-hybridized carbons (Fsp3) is 0.333. The normalized spacial score (nSPS) is 9.00. The highest BCUT2D eigenvalue weighted by Crippen LogP contribution is 2.14. The highest BCUT2D eigenvalue weighted by Gasteiger charge is 1.85. The van der Waals surface area contributed by atoms with E-state index in [0.29, 0.717) is 0 Å². The van der Waals surface area contributed by atoms with Crippen molar-refractivity contribution in [2.75, 3.05) is 0 Å². The van der Waals surface area contributed by atoms with Gasteiger partial charge in [0, 0.05) is 11.3 Å². The van der Waals surface area contributed by atoms with E-state index in [4.69, 9.17) is 0 Å². The van der Waals surface area contributed by atoms with Crippen LogP contribution in [0.3, 0.4) is 0 Å². The zero-order valence-electron chi connectivity index (χ0n) is 7.92. The first kappa shape index (κ1) is 10.2. The van der Waals surface area contributed by atoms with E-state index in [1.165, 1.54) is 17.7 Å². The van der Waals surface area contributed by atoms with Crippen LogP contribution in [0.25, 0.3) is 0 Å². The zero-order chi connectivity index (χ0) is 9.36. The van der Waals surface area contributed by atoms with Gasteiger partial charge >= 0.3 is 0 Å². The lowest BCUT2D eigenvalue weighted by molar-refractivity contribution is 0.828. The molecule has 0 nitrogen and oxygen atoms in total.